The third-order valence-corrected chi connectivity index (χ3v) is 11.6. The van der Waals surface area contributed by atoms with Crippen LogP contribution in [0, 0.1) is 0 Å². The summed E-state index contributed by atoms with van der Waals surface area (Å²) in [6.07, 6.45) is 6.90. The lowest BCUT2D eigenvalue weighted by Gasteiger charge is -2.18. The Kier molecular flexibility index (Phi) is 6.20. The minimum Gasteiger partial charge on any atom is -0.455 e. The molecular weight excluding hydrogens is 657 g/mol. The van der Waals surface area contributed by atoms with Crippen molar-refractivity contribution in [3.05, 3.63) is 168 Å². The molecule has 0 aliphatic heterocycles. The summed E-state index contributed by atoms with van der Waals surface area (Å²) in [5.41, 5.74) is 10.9. The third-order valence-electron chi connectivity index (χ3n) is 11.6. The van der Waals surface area contributed by atoms with Gasteiger partial charge in [0.25, 0.3) is 0 Å². The number of rotatable bonds is 3. The van der Waals surface area contributed by atoms with E-state index < -0.39 is 0 Å². The van der Waals surface area contributed by atoms with Gasteiger partial charge in [-0.05, 0) is 109 Å². The molecule has 0 radical (unpaired) electrons. The van der Waals surface area contributed by atoms with E-state index in [0.29, 0.717) is 0 Å². The fourth-order valence-electron chi connectivity index (χ4n) is 9.24. The molecule has 0 amide bonds. The summed E-state index contributed by atoms with van der Waals surface area (Å²) in [6, 6.07) is 57.0. The molecule has 2 heterocycles. The molecule has 1 aliphatic carbocycles. The highest BCUT2D eigenvalue weighted by Crippen LogP contribution is 2.45. The molecule has 0 unspecified atom stereocenters. The van der Waals surface area contributed by atoms with Gasteiger partial charge in [-0.2, -0.15) is 0 Å². The number of furan rings is 2. The largest absolute Gasteiger partial charge is 0.455 e. The molecule has 0 saturated heterocycles. The van der Waals surface area contributed by atoms with Crippen LogP contribution in [-0.2, 0) is 0 Å². The van der Waals surface area contributed by atoms with Gasteiger partial charge < -0.3 is 8.83 Å². The molecular formula is C52H32O2. The predicted molar refractivity (Wildman–Crippen MR) is 227 cm³/mol. The van der Waals surface area contributed by atoms with E-state index in [1.54, 1.807) is 0 Å². The van der Waals surface area contributed by atoms with Gasteiger partial charge >= 0.3 is 0 Å². The van der Waals surface area contributed by atoms with Gasteiger partial charge in [0.1, 0.15) is 22.3 Å². The molecule has 252 valence electrons. The normalized spacial score (nSPS) is 13.0. The summed E-state index contributed by atoms with van der Waals surface area (Å²) in [5.74, 6) is 0. The Bertz CT molecular complexity index is 3490. The summed E-state index contributed by atoms with van der Waals surface area (Å²) >= 11 is 0. The maximum Gasteiger partial charge on any atom is 0.143 e. The average Bonchev–Trinajstić information content (AvgIpc) is 3.82. The van der Waals surface area contributed by atoms with Crippen LogP contribution in [-0.4, -0.2) is 0 Å². The number of para-hydroxylation sites is 2. The monoisotopic (exact) mass is 688 g/mol. The molecule has 54 heavy (non-hydrogen) atoms. The van der Waals surface area contributed by atoms with Crippen LogP contribution < -0.4 is 10.4 Å². The van der Waals surface area contributed by atoms with Crippen molar-refractivity contribution in [2.45, 2.75) is 12.8 Å². The number of hydrogen-bond acceptors (Lipinski definition) is 2. The van der Waals surface area contributed by atoms with Crippen molar-refractivity contribution in [3.8, 4) is 33.4 Å². The van der Waals surface area contributed by atoms with Gasteiger partial charge in [0.05, 0.1) is 0 Å². The first-order valence-corrected chi connectivity index (χ1v) is 18.8. The Morgan fingerprint density at radius 3 is 1.70 bits per heavy atom. The van der Waals surface area contributed by atoms with Gasteiger partial charge in [-0.1, -0.05) is 133 Å². The van der Waals surface area contributed by atoms with Crippen molar-refractivity contribution in [2.24, 2.45) is 0 Å². The summed E-state index contributed by atoms with van der Waals surface area (Å²) in [7, 11) is 0. The summed E-state index contributed by atoms with van der Waals surface area (Å²) in [4.78, 5) is 0. The molecule has 0 atom stereocenters. The van der Waals surface area contributed by atoms with Gasteiger partial charge in [-0.25, -0.2) is 0 Å². The Balaban J connectivity index is 1.18. The number of hydrogen-bond donors (Lipinski definition) is 0. The van der Waals surface area contributed by atoms with Gasteiger partial charge in [-0.15, -0.1) is 0 Å². The van der Waals surface area contributed by atoms with Crippen molar-refractivity contribution < 1.29 is 8.83 Å². The van der Waals surface area contributed by atoms with Gasteiger partial charge in [0.15, 0.2) is 0 Å². The Morgan fingerprint density at radius 2 is 0.926 bits per heavy atom. The Labute approximate surface area is 310 Å². The molecule has 0 bridgehead atoms. The Hall–Kier alpha value is -6.90. The van der Waals surface area contributed by atoms with E-state index in [4.69, 9.17) is 8.83 Å². The lowest BCUT2D eigenvalue weighted by atomic mass is 9.84. The van der Waals surface area contributed by atoms with E-state index in [1.807, 2.05) is 6.07 Å². The zero-order valence-electron chi connectivity index (χ0n) is 29.4. The number of benzene rings is 9. The minimum absolute atomic E-state index is 0.892. The first-order valence-electron chi connectivity index (χ1n) is 18.8. The Morgan fingerprint density at radius 1 is 0.352 bits per heavy atom. The standard InChI is InChI=1S/C52H32O2/c1-2-12-31(13-3-1)32-22-23-34-29-35(25-24-33(34)28-32)48-37-15-4-6-17-39(37)49(40-18-7-5-16-38(40)48)45-30-44-41(50-43-19-9-11-21-47(43)54-52(45)50)26-27-42-36-14-8-10-20-46(36)53-51(42)44/h1-4,6,8-30H,5,7H2. The maximum atomic E-state index is 6.91. The molecule has 2 heteroatoms. The summed E-state index contributed by atoms with van der Waals surface area (Å²) in [5, 5.41) is 14.3. The lowest BCUT2D eigenvalue weighted by molar-refractivity contribution is 0.670. The van der Waals surface area contributed by atoms with Crippen LogP contribution in [0.15, 0.2) is 167 Å². The second-order valence-corrected chi connectivity index (χ2v) is 14.6. The molecule has 2 aromatic heterocycles. The second-order valence-electron chi connectivity index (χ2n) is 14.6. The highest BCUT2D eigenvalue weighted by molar-refractivity contribution is 6.28. The van der Waals surface area contributed by atoms with Gasteiger partial charge in [0, 0.05) is 38.1 Å². The minimum atomic E-state index is 0.892. The van der Waals surface area contributed by atoms with Gasteiger partial charge in [0.2, 0.25) is 0 Å². The van der Waals surface area contributed by atoms with Gasteiger partial charge in [-0.3, -0.25) is 0 Å². The molecule has 11 aromatic rings. The fourth-order valence-corrected chi connectivity index (χ4v) is 9.24. The molecule has 0 spiro atoms. The molecule has 12 rings (SSSR count). The van der Waals surface area contributed by atoms with E-state index >= 15 is 0 Å². The van der Waals surface area contributed by atoms with Crippen LogP contribution in [0.5, 0.6) is 0 Å². The van der Waals surface area contributed by atoms with Crippen LogP contribution >= 0.6 is 0 Å². The highest BCUT2D eigenvalue weighted by Gasteiger charge is 2.23. The van der Waals surface area contributed by atoms with Crippen molar-refractivity contribution in [3.63, 3.8) is 0 Å². The van der Waals surface area contributed by atoms with Crippen LogP contribution in [0.2, 0.25) is 0 Å². The van der Waals surface area contributed by atoms with Crippen molar-refractivity contribution in [1.29, 1.82) is 0 Å². The second kappa shape index (κ2) is 11.3. The van der Waals surface area contributed by atoms with E-state index in [-0.39, 0.29) is 0 Å². The molecule has 0 saturated carbocycles. The SMILES string of the molecule is C1=c2c(-c3ccc4cc(-c5ccccc5)ccc4c3)c3ccccc3c(-c3cc4c(ccc5c6ccccc6oc54)c4c3oc3ccccc34)c2=CCC1. The first-order chi connectivity index (χ1) is 26.8. The van der Waals surface area contributed by atoms with Crippen LogP contribution in [0.25, 0.3) is 122 Å². The van der Waals surface area contributed by atoms with Crippen molar-refractivity contribution >= 4 is 88.3 Å². The van der Waals surface area contributed by atoms with Crippen molar-refractivity contribution in [2.75, 3.05) is 0 Å². The fraction of sp³-hybridized carbons (Fsp3) is 0.0385. The summed E-state index contributed by atoms with van der Waals surface area (Å²) in [6.45, 7) is 0. The number of fused-ring (bicyclic) bond motifs is 12. The molecule has 0 N–H and O–H groups in total. The maximum absolute atomic E-state index is 6.91. The van der Waals surface area contributed by atoms with E-state index in [2.05, 4.69) is 164 Å². The quantitative estimate of drug-likeness (QED) is 0.185. The molecule has 2 nitrogen and oxygen atoms in total. The smallest absolute Gasteiger partial charge is 0.143 e. The first kappa shape index (κ1) is 29.7. The summed E-state index contributed by atoms with van der Waals surface area (Å²) < 4.78 is 13.6. The highest BCUT2D eigenvalue weighted by atomic mass is 16.3. The lowest BCUT2D eigenvalue weighted by Crippen LogP contribution is -2.31. The molecule has 1 aliphatic rings. The van der Waals surface area contributed by atoms with E-state index in [0.717, 1.165) is 73.1 Å². The third kappa shape index (κ3) is 4.22. The van der Waals surface area contributed by atoms with E-state index in [9.17, 15) is 0 Å². The van der Waals surface area contributed by atoms with Crippen LogP contribution in [0.4, 0.5) is 0 Å². The molecule has 0 fully saturated rings. The topological polar surface area (TPSA) is 26.3 Å². The predicted octanol–water partition coefficient (Wildman–Crippen LogP) is 13.3. The van der Waals surface area contributed by atoms with Crippen molar-refractivity contribution in [1.82, 2.24) is 0 Å². The van der Waals surface area contributed by atoms with Crippen LogP contribution in [0.1, 0.15) is 12.8 Å². The molecule has 9 aromatic carbocycles. The van der Waals surface area contributed by atoms with E-state index in [1.165, 1.54) is 59.8 Å². The average molecular weight is 689 g/mol. The zero-order valence-corrected chi connectivity index (χ0v) is 29.4. The zero-order chi connectivity index (χ0) is 35.3. The van der Waals surface area contributed by atoms with Crippen LogP contribution in [0.3, 0.4) is 0 Å².